The average molecular weight is 260 g/mol. The highest BCUT2D eigenvalue weighted by Crippen LogP contribution is 2.35. The summed E-state index contributed by atoms with van der Waals surface area (Å²) in [5.74, 6) is 0.269. The van der Waals surface area contributed by atoms with E-state index in [9.17, 15) is 13.2 Å². The standard InChI is InChI=1S/C12H15F3N2O/c13-12(14,15)7-4-5-11(9(17)6-7)18-10-3-1-2-8(10)16/h4-6,8,10H,1-3,16-17H2. The monoisotopic (exact) mass is 260 g/mol. The normalized spacial score (nSPS) is 24.2. The summed E-state index contributed by atoms with van der Waals surface area (Å²) >= 11 is 0. The largest absolute Gasteiger partial charge is 0.487 e. The lowest BCUT2D eigenvalue weighted by atomic mass is 10.1. The number of hydrogen-bond donors (Lipinski definition) is 2. The molecule has 2 unspecified atom stereocenters. The van der Waals surface area contributed by atoms with Crippen molar-refractivity contribution in [1.82, 2.24) is 0 Å². The molecule has 2 atom stereocenters. The maximum atomic E-state index is 12.5. The molecule has 1 fully saturated rings. The van der Waals surface area contributed by atoms with Gasteiger partial charge in [0, 0.05) is 6.04 Å². The molecular weight excluding hydrogens is 245 g/mol. The zero-order valence-corrected chi connectivity index (χ0v) is 9.70. The number of ether oxygens (including phenoxy) is 1. The predicted molar refractivity (Wildman–Crippen MR) is 62.1 cm³/mol. The first-order valence-corrected chi connectivity index (χ1v) is 5.77. The lowest BCUT2D eigenvalue weighted by Crippen LogP contribution is -2.33. The Balaban J connectivity index is 2.15. The maximum absolute atomic E-state index is 12.5. The Morgan fingerprint density at radius 3 is 2.44 bits per heavy atom. The maximum Gasteiger partial charge on any atom is 0.416 e. The fourth-order valence-corrected chi connectivity index (χ4v) is 2.10. The first kappa shape index (κ1) is 13.0. The number of rotatable bonds is 2. The van der Waals surface area contributed by atoms with Crippen LogP contribution in [0.15, 0.2) is 18.2 Å². The summed E-state index contributed by atoms with van der Waals surface area (Å²) in [6.07, 6.45) is -1.92. The van der Waals surface area contributed by atoms with Crippen LogP contribution in [0.1, 0.15) is 24.8 Å². The van der Waals surface area contributed by atoms with E-state index in [0.29, 0.717) is 0 Å². The van der Waals surface area contributed by atoms with Gasteiger partial charge in [0.1, 0.15) is 11.9 Å². The van der Waals surface area contributed by atoms with E-state index >= 15 is 0 Å². The topological polar surface area (TPSA) is 61.3 Å². The number of hydrogen-bond acceptors (Lipinski definition) is 3. The van der Waals surface area contributed by atoms with Gasteiger partial charge < -0.3 is 16.2 Å². The second kappa shape index (κ2) is 4.68. The van der Waals surface area contributed by atoms with Crippen LogP contribution in [0.25, 0.3) is 0 Å². The fraction of sp³-hybridized carbons (Fsp3) is 0.500. The third-order valence-electron chi connectivity index (χ3n) is 3.12. The molecule has 0 radical (unpaired) electrons. The SMILES string of the molecule is Nc1cc(C(F)(F)F)ccc1OC1CCCC1N. The van der Waals surface area contributed by atoms with E-state index in [0.717, 1.165) is 31.4 Å². The van der Waals surface area contributed by atoms with Crippen LogP contribution in [0.5, 0.6) is 5.75 Å². The summed E-state index contributed by atoms with van der Waals surface area (Å²) in [4.78, 5) is 0. The highest BCUT2D eigenvalue weighted by Gasteiger charge is 2.31. The summed E-state index contributed by atoms with van der Waals surface area (Å²) in [7, 11) is 0. The molecule has 0 spiro atoms. The lowest BCUT2D eigenvalue weighted by molar-refractivity contribution is -0.137. The molecule has 6 heteroatoms. The van der Waals surface area contributed by atoms with Crippen LogP contribution in [-0.2, 0) is 6.18 Å². The molecule has 100 valence electrons. The molecule has 0 bridgehead atoms. The van der Waals surface area contributed by atoms with E-state index in [2.05, 4.69) is 0 Å². The van der Waals surface area contributed by atoms with Crippen LogP contribution in [0.2, 0.25) is 0 Å². The van der Waals surface area contributed by atoms with Crippen LogP contribution in [0.3, 0.4) is 0 Å². The van der Waals surface area contributed by atoms with Crippen molar-refractivity contribution in [2.45, 2.75) is 37.6 Å². The Morgan fingerprint density at radius 1 is 1.22 bits per heavy atom. The molecule has 1 saturated carbocycles. The Kier molecular flexibility index (Phi) is 3.38. The third kappa shape index (κ3) is 2.69. The van der Waals surface area contributed by atoms with Crippen LogP contribution >= 0.6 is 0 Å². The first-order valence-electron chi connectivity index (χ1n) is 5.77. The summed E-state index contributed by atoms with van der Waals surface area (Å²) in [5, 5.41) is 0. The molecule has 0 aromatic heterocycles. The van der Waals surface area contributed by atoms with Gasteiger partial charge in [0.05, 0.1) is 11.3 Å². The van der Waals surface area contributed by atoms with Crippen molar-refractivity contribution in [3.8, 4) is 5.75 Å². The highest BCUT2D eigenvalue weighted by atomic mass is 19.4. The van der Waals surface area contributed by atoms with E-state index in [1.54, 1.807) is 0 Å². The predicted octanol–water partition coefficient (Wildman–Crippen LogP) is 2.55. The van der Waals surface area contributed by atoms with Crippen molar-refractivity contribution in [2.24, 2.45) is 5.73 Å². The van der Waals surface area contributed by atoms with Gasteiger partial charge in [0.2, 0.25) is 0 Å². The molecule has 0 aliphatic heterocycles. The molecule has 4 N–H and O–H groups in total. The van der Waals surface area contributed by atoms with E-state index in [1.165, 1.54) is 6.07 Å². The molecule has 2 rings (SSSR count). The highest BCUT2D eigenvalue weighted by molar-refractivity contribution is 5.55. The van der Waals surface area contributed by atoms with Gasteiger partial charge in [-0.1, -0.05) is 0 Å². The van der Waals surface area contributed by atoms with Gasteiger partial charge in [-0.15, -0.1) is 0 Å². The van der Waals surface area contributed by atoms with Gasteiger partial charge in [0.15, 0.2) is 0 Å². The minimum absolute atomic E-state index is 0.0103. The Bertz CT molecular complexity index is 434. The van der Waals surface area contributed by atoms with Gasteiger partial charge in [-0.2, -0.15) is 13.2 Å². The molecule has 18 heavy (non-hydrogen) atoms. The van der Waals surface area contributed by atoms with Gasteiger partial charge in [0.25, 0.3) is 0 Å². The number of nitrogen functional groups attached to an aromatic ring is 1. The quantitative estimate of drug-likeness (QED) is 0.803. The smallest absolute Gasteiger partial charge is 0.416 e. The molecule has 0 heterocycles. The summed E-state index contributed by atoms with van der Waals surface area (Å²) in [6.45, 7) is 0. The minimum atomic E-state index is -4.39. The molecule has 0 saturated heterocycles. The Morgan fingerprint density at radius 2 is 1.94 bits per heavy atom. The molecule has 1 aliphatic rings. The van der Waals surface area contributed by atoms with Crippen LogP contribution < -0.4 is 16.2 Å². The summed E-state index contributed by atoms with van der Waals surface area (Å²) in [5.41, 5.74) is 10.6. The zero-order chi connectivity index (χ0) is 13.3. The number of alkyl halides is 3. The van der Waals surface area contributed by atoms with E-state index in [-0.39, 0.29) is 23.6 Å². The molecular formula is C12H15F3N2O. The zero-order valence-electron chi connectivity index (χ0n) is 9.70. The van der Waals surface area contributed by atoms with Crippen molar-refractivity contribution in [3.05, 3.63) is 23.8 Å². The third-order valence-corrected chi connectivity index (χ3v) is 3.12. The van der Waals surface area contributed by atoms with Crippen molar-refractivity contribution in [2.75, 3.05) is 5.73 Å². The van der Waals surface area contributed by atoms with Crippen molar-refractivity contribution < 1.29 is 17.9 Å². The second-order valence-corrected chi connectivity index (χ2v) is 4.50. The Hall–Kier alpha value is -1.43. The van der Waals surface area contributed by atoms with Crippen LogP contribution in [0.4, 0.5) is 18.9 Å². The first-order chi connectivity index (χ1) is 8.38. The van der Waals surface area contributed by atoms with Gasteiger partial charge in [-0.25, -0.2) is 0 Å². The van der Waals surface area contributed by atoms with E-state index < -0.39 is 11.7 Å². The lowest BCUT2D eigenvalue weighted by Gasteiger charge is -2.19. The van der Waals surface area contributed by atoms with Gasteiger partial charge >= 0.3 is 6.18 Å². The molecule has 1 aliphatic carbocycles. The van der Waals surface area contributed by atoms with Gasteiger partial charge in [-0.3, -0.25) is 0 Å². The summed E-state index contributed by atoms with van der Waals surface area (Å²) in [6, 6.07) is 3.03. The Labute approximate surface area is 103 Å². The van der Waals surface area contributed by atoms with Crippen LogP contribution in [0, 0.1) is 0 Å². The van der Waals surface area contributed by atoms with Crippen molar-refractivity contribution in [1.29, 1.82) is 0 Å². The second-order valence-electron chi connectivity index (χ2n) is 4.50. The van der Waals surface area contributed by atoms with Crippen molar-refractivity contribution >= 4 is 5.69 Å². The summed E-state index contributed by atoms with van der Waals surface area (Å²) < 4.78 is 42.9. The molecule has 0 amide bonds. The van der Waals surface area contributed by atoms with E-state index in [1.807, 2.05) is 0 Å². The van der Waals surface area contributed by atoms with E-state index in [4.69, 9.17) is 16.2 Å². The molecule has 1 aromatic carbocycles. The molecule has 1 aromatic rings. The fourth-order valence-electron chi connectivity index (χ4n) is 2.10. The minimum Gasteiger partial charge on any atom is -0.487 e. The number of benzene rings is 1. The van der Waals surface area contributed by atoms with Crippen molar-refractivity contribution in [3.63, 3.8) is 0 Å². The van der Waals surface area contributed by atoms with Gasteiger partial charge in [-0.05, 0) is 37.5 Å². The van der Waals surface area contributed by atoms with Crippen LogP contribution in [-0.4, -0.2) is 12.1 Å². The average Bonchev–Trinajstić information content (AvgIpc) is 2.66. The number of halogens is 3. The molecule has 3 nitrogen and oxygen atoms in total. The number of anilines is 1. The number of nitrogens with two attached hydrogens (primary N) is 2.